The number of nitrogens with one attached hydrogen (secondary N) is 1. The van der Waals surface area contributed by atoms with Crippen molar-refractivity contribution >= 4 is 28.4 Å². The fraction of sp³-hybridized carbons (Fsp3) is 0.600. The van der Waals surface area contributed by atoms with Crippen molar-refractivity contribution in [2.75, 3.05) is 12.4 Å². The van der Waals surface area contributed by atoms with Gasteiger partial charge in [0.05, 0.1) is 18.7 Å². The van der Waals surface area contributed by atoms with E-state index in [1.165, 1.54) is 17.8 Å². The first kappa shape index (κ1) is 21.4. The molecule has 2 aliphatic rings. The minimum Gasteiger partial charge on any atom is -0.493 e. The van der Waals surface area contributed by atoms with Gasteiger partial charge in [0.1, 0.15) is 27.8 Å². The molecule has 0 unspecified atom stereocenters. The summed E-state index contributed by atoms with van der Waals surface area (Å²) in [6, 6.07) is 2.56. The molecule has 2 atom stereocenters. The first-order valence-corrected chi connectivity index (χ1v) is 10.8. The van der Waals surface area contributed by atoms with E-state index in [-0.39, 0.29) is 5.91 Å². The normalized spacial score (nSPS) is 22.9. The van der Waals surface area contributed by atoms with Crippen LogP contribution in [-0.2, 0) is 4.79 Å². The summed E-state index contributed by atoms with van der Waals surface area (Å²) in [5, 5.41) is 15.6. The van der Waals surface area contributed by atoms with Crippen LogP contribution in [0.5, 0.6) is 5.75 Å². The van der Waals surface area contributed by atoms with E-state index in [0.717, 1.165) is 19.3 Å². The second-order valence-corrected chi connectivity index (χ2v) is 8.71. The third-order valence-corrected chi connectivity index (χ3v) is 6.33. The molecular formula is C20H27N3O5S. The zero-order chi connectivity index (χ0) is 21.0. The quantitative estimate of drug-likeness (QED) is 0.360. The first-order chi connectivity index (χ1) is 13.8. The van der Waals surface area contributed by atoms with E-state index in [1.807, 2.05) is 6.92 Å². The highest BCUT2D eigenvalue weighted by Crippen LogP contribution is 2.31. The molecule has 0 bridgehead atoms. The number of aliphatic imine (C=N–C) groups is 1. The minimum atomic E-state index is -0.988. The smallest absolute Gasteiger partial charge is 0.339 e. The molecule has 29 heavy (non-hydrogen) atoms. The van der Waals surface area contributed by atoms with Crippen LogP contribution in [0.4, 0.5) is 0 Å². The Labute approximate surface area is 173 Å². The Morgan fingerprint density at radius 2 is 2.28 bits per heavy atom. The summed E-state index contributed by atoms with van der Waals surface area (Å²) in [6.07, 6.45) is 3.71. The van der Waals surface area contributed by atoms with Crippen molar-refractivity contribution in [1.29, 1.82) is 0 Å². The van der Waals surface area contributed by atoms with Gasteiger partial charge in [-0.1, -0.05) is 18.5 Å². The van der Waals surface area contributed by atoms with Crippen LogP contribution < -0.4 is 15.7 Å². The van der Waals surface area contributed by atoms with E-state index in [4.69, 9.17) is 14.4 Å². The van der Waals surface area contributed by atoms with Crippen LogP contribution in [0.1, 0.15) is 58.3 Å². The van der Waals surface area contributed by atoms with Gasteiger partial charge in [0.25, 0.3) is 0 Å². The molecule has 3 rings (SSSR count). The van der Waals surface area contributed by atoms with Crippen molar-refractivity contribution in [2.24, 2.45) is 16.1 Å². The molecule has 0 saturated heterocycles. The average molecular weight is 422 g/mol. The maximum Gasteiger partial charge on any atom is 0.339 e. The lowest BCUT2D eigenvalue weighted by Crippen LogP contribution is -2.45. The molecule has 1 aromatic heterocycles. The summed E-state index contributed by atoms with van der Waals surface area (Å²) in [5.74, 6) is 1.58. The van der Waals surface area contributed by atoms with Gasteiger partial charge in [-0.3, -0.25) is 9.79 Å². The molecule has 9 heteroatoms. The number of nitrogens with zero attached hydrogens (tertiary/aromatic N) is 2. The van der Waals surface area contributed by atoms with Crippen LogP contribution in [0, 0.1) is 5.92 Å². The number of ether oxygens (including phenoxy) is 1. The van der Waals surface area contributed by atoms with Gasteiger partial charge in [-0.15, -0.1) is 11.8 Å². The fourth-order valence-corrected chi connectivity index (χ4v) is 4.09. The summed E-state index contributed by atoms with van der Waals surface area (Å²) >= 11 is 1.37. The summed E-state index contributed by atoms with van der Waals surface area (Å²) < 4.78 is 11.1. The SMILES string of the molecule is CCC[C@@H](NC(=O)[C@]1(C)CSC(/C(C)=N/O)=N1)c1cc(OCC2CC2)cc(=O)o1. The van der Waals surface area contributed by atoms with Gasteiger partial charge < -0.3 is 19.7 Å². The molecule has 1 fully saturated rings. The van der Waals surface area contributed by atoms with E-state index >= 15 is 0 Å². The fourth-order valence-electron chi connectivity index (χ4n) is 2.96. The standard InChI is InChI=1S/C20H27N3O5S/c1-4-5-15(16-8-14(9-17(24)28-16)27-10-13-6-7-13)21-19(25)20(3)11-29-18(22-20)12(2)23-26/h8-9,13,15,26H,4-7,10-11H2,1-3H3,(H,21,25)/b23-12+/t15-,20+/m1/s1. The van der Waals surface area contributed by atoms with E-state index in [1.54, 1.807) is 19.9 Å². The molecular weight excluding hydrogens is 394 g/mol. The molecule has 1 saturated carbocycles. The van der Waals surface area contributed by atoms with E-state index in [0.29, 0.717) is 47.0 Å². The Balaban J connectivity index is 1.77. The van der Waals surface area contributed by atoms with Crippen molar-refractivity contribution < 1.29 is 19.2 Å². The number of thioether (sulfide) groups is 1. The van der Waals surface area contributed by atoms with E-state index < -0.39 is 17.2 Å². The summed E-state index contributed by atoms with van der Waals surface area (Å²) in [7, 11) is 0. The molecule has 8 nitrogen and oxygen atoms in total. The van der Waals surface area contributed by atoms with Crippen molar-refractivity contribution in [3.05, 3.63) is 28.3 Å². The van der Waals surface area contributed by atoms with Gasteiger partial charge in [-0.05, 0) is 39.0 Å². The highest BCUT2D eigenvalue weighted by atomic mass is 32.2. The van der Waals surface area contributed by atoms with E-state index in [2.05, 4.69) is 15.5 Å². The maximum atomic E-state index is 13.0. The Kier molecular flexibility index (Phi) is 6.66. The topological polar surface area (TPSA) is 113 Å². The highest BCUT2D eigenvalue weighted by Gasteiger charge is 2.40. The zero-order valence-corrected chi connectivity index (χ0v) is 17.8. The Morgan fingerprint density at radius 3 is 2.93 bits per heavy atom. The molecule has 2 heterocycles. The lowest BCUT2D eigenvalue weighted by Gasteiger charge is -2.24. The predicted octanol–water partition coefficient (Wildman–Crippen LogP) is 3.14. The van der Waals surface area contributed by atoms with Crippen LogP contribution in [0.15, 0.2) is 31.5 Å². The highest BCUT2D eigenvalue weighted by molar-refractivity contribution is 8.16. The van der Waals surface area contributed by atoms with Crippen molar-refractivity contribution in [3.63, 3.8) is 0 Å². The second kappa shape index (κ2) is 9.02. The zero-order valence-electron chi connectivity index (χ0n) is 16.9. The van der Waals surface area contributed by atoms with Gasteiger partial charge in [0.2, 0.25) is 5.91 Å². The van der Waals surface area contributed by atoms with Gasteiger partial charge in [-0.25, -0.2) is 4.79 Å². The number of rotatable bonds is 9. The van der Waals surface area contributed by atoms with Crippen LogP contribution in [0.2, 0.25) is 0 Å². The Hall–Kier alpha value is -2.29. The minimum absolute atomic E-state index is 0.267. The number of hydrogen-bond acceptors (Lipinski definition) is 8. The third kappa shape index (κ3) is 5.41. The van der Waals surface area contributed by atoms with Gasteiger partial charge in [-0.2, -0.15) is 0 Å². The molecule has 1 aromatic rings. The van der Waals surface area contributed by atoms with Crippen molar-refractivity contribution in [3.8, 4) is 5.75 Å². The number of hydrogen-bond donors (Lipinski definition) is 2. The lowest BCUT2D eigenvalue weighted by atomic mass is 10.0. The lowest BCUT2D eigenvalue weighted by molar-refractivity contribution is -0.125. The van der Waals surface area contributed by atoms with Crippen molar-refractivity contribution in [1.82, 2.24) is 5.32 Å². The van der Waals surface area contributed by atoms with Crippen LogP contribution in [-0.4, -0.2) is 39.8 Å². The summed E-state index contributed by atoms with van der Waals surface area (Å²) in [6.45, 7) is 5.96. The third-order valence-electron chi connectivity index (χ3n) is 4.96. The second-order valence-electron chi connectivity index (χ2n) is 7.75. The van der Waals surface area contributed by atoms with Gasteiger partial charge in [0.15, 0.2) is 0 Å². The number of oxime groups is 1. The Bertz CT molecular complexity index is 877. The summed E-state index contributed by atoms with van der Waals surface area (Å²) in [5.41, 5.74) is -1.11. The molecule has 1 aliphatic carbocycles. The van der Waals surface area contributed by atoms with Gasteiger partial charge in [0, 0.05) is 11.8 Å². The maximum absolute atomic E-state index is 13.0. The molecule has 158 valence electrons. The van der Waals surface area contributed by atoms with Crippen LogP contribution in [0.3, 0.4) is 0 Å². The number of carbonyl (C=O) groups is 1. The number of amides is 1. The number of carbonyl (C=O) groups excluding carboxylic acids is 1. The molecule has 2 N–H and O–H groups in total. The molecule has 0 radical (unpaired) electrons. The molecule has 1 aliphatic heterocycles. The van der Waals surface area contributed by atoms with Crippen molar-refractivity contribution in [2.45, 2.75) is 58.0 Å². The largest absolute Gasteiger partial charge is 0.493 e. The predicted molar refractivity (Wildman–Crippen MR) is 112 cm³/mol. The van der Waals surface area contributed by atoms with E-state index in [9.17, 15) is 9.59 Å². The van der Waals surface area contributed by atoms with Gasteiger partial charge >= 0.3 is 5.63 Å². The molecule has 0 spiro atoms. The Morgan fingerprint density at radius 1 is 1.52 bits per heavy atom. The first-order valence-electron chi connectivity index (χ1n) is 9.85. The van der Waals surface area contributed by atoms with Crippen LogP contribution in [0.25, 0.3) is 0 Å². The molecule has 1 amide bonds. The average Bonchev–Trinajstić information content (AvgIpc) is 3.44. The summed E-state index contributed by atoms with van der Waals surface area (Å²) in [4.78, 5) is 29.5. The van der Waals surface area contributed by atoms with Crippen LogP contribution >= 0.6 is 11.8 Å². The monoisotopic (exact) mass is 421 g/mol. The molecule has 0 aromatic carbocycles.